The Kier molecular flexibility index (Phi) is 5.55. The lowest BCUT2D eigenvalue weighted by Crippen LogP contribution is -2.30. The van der Waals surface area contributed by atoms with E-state index in [9.17, 15) is 4.39 Å². The highest BCUT2D eigenvalue weighted by Gasteiger charge is 2.19. The highest BCUT2D eigenvalue weighted by atomic mass is 79.9. The molecule has 3 N–H and O–H groups in total. The van der Waals surface area contributed by atoms with Crippen molar-refractivity contribution in [1.82, 2.24) is 5.43 Å². The van der Waals surface area contributed by atoms with Crippen LogP contribution in [0.15, 0.2) is 34.3 Å². The lowest BCUT2D eigenvalue weighted by atomic mass is 9.91. The van der Waals surface area contributed by atoms with Crippen LogP contribution < -0.4 is 11.3 Å². The summed E-state index contributed by atoms with van der Waals surface area (Å²) in [5, 5.41) is 0. The lowest BCUT2D eigenvalue weighted by molar-refractivity contribution is 0.525. The van der Waals surface area contributed by atoms with Gasteiger partial charge in [-0.05, 0) is 37.8 Å². The second-order valence-electron chi connectivity index (χ2n) is 5.00. The molecule has 0 spiro atoms. The van der Waals surface area contributed by atoms with E-state index in [0.29, 0.717) is 5.56 Å². The van der Waals surface area contributed by atoms with Gasteiger partial charge in [-0.1, -0.05) is 46.5 Å². The van der Waals surface area contributed by atoms with Crippen molar-refractivity contribution in [3.63, 3.8) is 0 Å². The van der Waals surface area contributed by atoms with Crippen LogP contribution in [0, 0.1) is 5.82 Å². The molecule has 2 nitrogen and oxygen atoms in total. The second-order valence-corrected chi connectivity index (χ2v) is 5.91. The first-order valence-electron chi connectivity index (χ1n) is 6.82. The number of allylic oxidation sites excluding steroid dienone is 1. The van der Waals surface area contributed by atoms with Gasteiger partial charge in [-0.25, -0.2) is 9.82 Å². The van der Waals surface area contributed by atoms with E-state index >= 15 is 0 Å². The number of nitrogens with one attached hydrogen (secondary N) is 1. The van der Waals surface area contributed by atoms with Crippen LogP contribution in [0.4, 0.5) is 4.39 Å². The summed E-state index contributed by atoms with van der Waals surface area (Å²) in [5.41, 5.74) is 4.61. The Hall–Kier alpha value is -0.710. The van der Waals surface area contributed by atoms with Gasteiger partial charge in [0.2, 0.25) is 0 Å². The number of nitrogens with two attached hydrogens (primary N) is 1. The van der Waals surface area contributed by atoms with Crippen molar-refractivity contribution in [2.24, 2.45) is 5.84 Å². The number of hydrogen-bond donors (Lipinski definition) is 2. The molecule has 1 unspecified atom stereocenters. The molecule has 19 heavy (non-hydrogen) atoms. The zero-order chi connectivity index (χ0) is 13.7. The third kappa shape index (κ3) is 3.88. The third-order valence-corrected chi connectivity index (χ3v) is 4.13. The van der Waals surface area contributed by atoms with E-state index in [1.54, 1.807) is 6.07 Å². The molecular weight excluding hydrogens is 307 g/mol. The first-order valence-corrected chi connectivity index (χ1v) is 7.61. The van der Waals surface area contributed by atoms with Gasteiger partial charge in [-0.3, -0.25) is 5.84 Å². The first-order chi connectivity index (χ1) is 9.22. The van der Waals surface area contributed by atoms with E-state index in [2.05, 4.69) is 27.4 Å². The van der Waals surface area contributed by atoms with Crippen molar-refractivity contribution in [3.8, 4) is 0 Å². The Bertz CT molecular complexity index is 459. The van der Waals surface area contributed by atoms with Crippen molar-refractivity contribution >= 4 is 15.9 Å². The van der Waals surface area contributed by atoms with Gasteiger partial charge in [0.15, 0.2) is 0 Å². The van der Waals surface area contributed by atoms with Crippen LogP contribution in [0.5, 0.6) is 0 Å². The molecule has 1 aromatic carbocycles. The molecule has 0 bridgehead atoms. The minimum atomic E-state index is -0.222. The minimum Gasteiger partial charge on any atom is -0.271 e. The normalized spacial score (nSPS) is 21.1. The molecule has 0 radical (unpaired) electrons. The molecule has 4 heteroatoms. The predicted molar refractivity (Wildman–Crippen MR) is 79.9 cm³/mol. The molecule has 1 aromatic rings. The molecule has 0 fully saturated rings. The molecule has 1 atom stereocenters. The van der Waals surface area contributed by atoms with E-state index in [-0.39, 0.29) is 11.9 Å². The molecule has 104 valence electrons. The van der Waals surface area contributed by atoms with E-state index < -0.39 is 0 Å². The van der Waals surface area contributed by atoms with Gasteiger partial charge in [-0.2, -0.15) is 0 Å². The smallest absolute Gasteiger partial charge is 0.129 e. The topological polar surface area (TPSA) is 38.0 Å². The molecular formula is C15H20BrFN2. The van der Waals surface area contributed by atoms with Gasteiger partial charge in [0.25, 0.3) is 0 Å². The summed E-state index contributed by atoms with van der Waals surface area (Å²) in [5.74, 6) is 5.44. The van der Waals surface area contributed by atoms with Gasteiger partial charge in [0.05, 0.1) is 6.04 Å². The van der Waals surface area contributed by atoms with E-state index in [1.807, 2.05) is 6.07 Å². The highest BCUT2D eigenvalue weighted by molar-refractivity contribution is 9.10. The number of halogens is 2. The van der Waals surface area contributed by atoms with Crippen LogP contribution in [-0.4, -0.2) is 0 Å². The average Bonchev–Trinajstić information content (AvgIpc) is 2.34. The second kappa shape index (κ2) is 7.17. The molecule has 0 heterocycles. The third-order valence-electron chi connectivity index (χ3n) is 3.64. The van der Waals surface area contributed by atoms with Crippen molar-refractivity contribution in [1.29, 1.82) is 0 Å². The SMILES string of the molecule is NNC(/C1=C/CCCCCC1)c1ccc(Br)cc1F. The molecule has 0 aliphatic heterocycles. The van der Waals surface area contributed by atoms with Crippen LogP contribution in [-0.2, 0) is 0 Å². The Morgan fingerprint density at radius 2 is 2.00 bits per heavy atom. The van der Waals surface area contributed by atoms with Crippen molar-refractivity contribution < 1.29 is 4.39 Å². The largest absolute Gasteiger partial charge is 0.271 e. The fourth-order valence-electron chi connectivity index (χ4n) is 2.61. The Morgan fingerprint density at radius 1 is 1.21 bits per heavy atom. The fraction of sp³-hybridized carbons (Fsp3) is 0.467. The number of hydrogen-bond acceptors (Lipinski definition) is 2. The fourth-order valence-corrected chi connectivity index (χ4v) is 2.94. The highest BCUT2D eigenvalue weighted by Crippen LogP contribution is 2.30. The summed E-state index contributed by atoms with van der Waals surface area (Å²) >= 11 is 3.28. The average molecular weight is 327 g/mol. The van der Waals surface area contributed by atoms with Crippen molar-refractivity contribution in [2.75, 3.05) is 0 Å². The van der Waals surface area contributed by atoms with Gasteiger partial charge in [-0.15, -0.1) is 0 Å². The van der Waals surface area contributed by atoms with Crippen molar-refractivity contribution in [2.45, 2.75) is 44.6 Å². The van der Waals surface area contributed by atoms with Gasteiger partial charge < -0.3 is 0 Å². The number of rotatable bonds is 3. The molecule has 2 rings (SSSR count). The maximum atomic E-state index is 14.1. The summed E-state index contributed by atoms with van der Waals surface area (Å²) in [6, 6.07) is 4.92. The lowest BCUT2D eigenvalue weighted by Gasteiger charge is -2.22. The first kappa shape index (κ1) is 14.7. The maximum Gasteiger partial charge on any atom is 0.129 e. The van der Waals surface area contributed by atoms with Crippen LogP contribution in [0.1, 0.15) is 50.1 Å². The summed E-state index contributed by atoms with van der Waals surface area (Å²) in [6.07, 6.45) is 9.18. The monoisotopic (exact) mass is 326 g/mol. The summed E-state index contributed by atoms with van der Waals surface area (Å²) in [6.45, 7) is 0. The van der Waals surface area contributed by atoms with Gasteiger partial charge in [0, 0.05) is 10.0 Å². The van der Waals surface area contributed by atoms with Crippen LogP contribution in [0.25, 0.3) is 0 Å². The van der Waals surface area contributed by atoms with Gasteiger partial charge in [0.1, 0.15) is 5.82 Å². The number of hydrazine groups is 1. The standard InChI is InChI=1S/C15H20BrFN2/c16-12-8-9-13(14(17)10-12)15(19-18)11-6-4-2-1-3-5-7-11/h6,8-10,15,19H,1-5,7,18H2/b11-6+. The van der Waals surface area contributed by atoms with Crippen LogP contribution in [0.2, 0.25) is 0 Å². The van der Waals surface area contributed by atoms with Crippen molar-refractivity contribution in [3.05, 3.63) is 45.7 Å². The Balaban J connectivity index is 2.27. The van der Waals surface area contributed by atoms with Crippen LogP contribution >= 0.6 is 15.9 Å². The van der Waals surface area contributed by atoms with E-state index in [1.165, 1.54) is 30.9 Å². The zero-order valence-electron chi connectivity index (χ0n) is 11.0. The minimum absolute atomic E-state index is 0.216. The van der Waals surface area contributed by atoms with Crippen LogP contribution in [0.3, 0.4) is 0 Å². The summed E-state index contributed by atoms with van der Waals surface area (Å²) < 4.78 is 14.8. The van der Waals surface area contributed by atoms with E-state index in [0.717, 1.165) is 23.7 Å². The predicted octanol–water partition coefficient (Wildman–Crippen LogP) is 4.37. The zero-order valence-corrected chi connectivity index (χ0v) is 12.5. The Morgan fingerprint density at radius 3 is 2.74 bits per heavy atom. The molecule has 0 amide bonds. The van der Waals surface area contributed by atoms with E-state index in [4.69, 9.17) is 5.84 Å². The molecule has 0 saturated heterocycles. The number of benzene rings is 1. The van der Waals surface area contributed by atoms with Gasteiger partial charge >= 0.3 is 0 Å². The maximum absolute atomic E-state index is 14.1. The quantitative estimate of drug-likeness (QED) is 0.491. The molecule has 1 aliphatic carbocycles. The summed E-state index contributed by atoms with van der Waals surface area (Å²) in [7, 11) is 0. The molecule has 0 saturated carbocycles. The Labute approximate surface area is 122 Å². The molecule has 1 aliphatic rings. The molecule has 0 aromatic heterocycles. The summed E-state index contributed by atoms with van der Waals surface area (Å²) in [4.78, 5) is 0.